The van der Waals surface area contributed by atoms with Crippen molar-refractivity contribution in [1.82, 2.24) is 5.32 Å². The summed E-state index contributed by atoms with van der Waals surface area (Å²) in [5, 5.41) is 36.6. The summed E-state index contributed by atoms with van der Waals surface area (Å²) < 4.78 is 31.5. The Morgan fingerprint density at radius 3 is 2.38 bits per heavy atom. The number of nitrogens with one attached hydrogen (secondary N) is 1. The van der Waals surface area contributed by atoms with Crippen LogP contribution in [0.5, 0.6) is 0 Å². The Morgan fingerprint density at radius 2 is 1.69 bits per heavy atom. The van der Waals surface area contributed by atoms with Gasteiger partial charge in [-0.2, -0.15) is 8.42 Å². The summed E-state index contributed by atoms with van der Waals surface area (Å²) in [6.45, 7) is 8.87. The largest absolute Gasteiger partial charge is 0.393 e. The average Bonchev–Trinajstić information content (AvgIpc) is 3.24. The van der Waals surface area contributed by atoms with Crippen molar-refractivity contribution in [2.75, 3.05) is 39.5 Å². The van der Waals surface area contributed by atoms with Gasteiger partial charge in [0.25, 0.3) is 10.1 Å². The van der Waals surface area contributed by atoms with Crippen molar-refractivity contribution in [3.8, 4) is 0 Å². The van der Waals surface area contributed by atoms with Crippen molar-refractivity contribution >= 4 is 16.0 Å². The third kappa shape index (κ3) is 7.20. The first-order valence-corrected chi connectivity index (χ1v) is 18.2. The number of fused-ring (bicyclic) bond motifs is 5. The average molecular weight is 616 g/mol. The number of carbonyl (C=O) groups is 1. The van der Waals surface area contributed by atoms with E-state index in [1.54, 1.807) is 0 Å². The smallest absolute Gasteiger partial charge is 0.265 e. The molecule has 42 heavy (non-hydrogen) atoms. The first-order chi connectivity index (χ1) is 19.5. The van der Waals surface area contributed by atoms with E-state index in [1.807, 2.05) is 14.1 Å². The number of carbonyl (C=O) groups excluding carboxylic acids is 1. The molecule has 10 heteroatoms. The molecule has 4 rings (SSSR count). The van der Waals surface area contributed by atoms with Crippen LogP contribution in [-0.4, -0.2) is 96.5 Å². The molecule has 9 nitrogen and oxygen atoms in total. The minimum atomic E-state index is -3.93. The lowest BCUT2D eigenvalue weighted by Gasteiger charge is -2.63. The van der Waals surface area contributed by atoms with Crippen LogP contribution in [0.2, 0.25) is 0 Å². The van der Waals surface area contributed by atoms with Crippen molar-refractivity contribution in [2.24, 2.45) is 46.3 Å². The second kappa shape index (κ2) is 12.9. The van der Waals surface area contributed by atoms with Crippen LogP contribution >= 0.6 is 0 Å². The Bertz CT molecular complexity index is 1050. The van der Waals surface area contributed by atoms with Gasteiger partial charge < -0.3 is 25.1 Å². The highest BCUT2D eigenvalue weighted by Crippen LogP contribution is 2.68. The normalized spacial score (nSPS) is 41.0. The molecule has 0 aliphatic heterocycles. The molecule has 0 aromatic heterocycles. The highest BCUT2D eigenvalue weighted by molar-refractivity contribution is 7.85. The van der Waals surface area contributed by atoms with Gasteiger partial charge in [0, 0.05) is 25.8 Å². The molecule has 4 saturated carbocycles. The zero-order valence-electron chi connectivity index (χ0n) is 26.7. The number of rotatable bonds is 12. The summed E-state index contributed by atoms with van der Waals surface area (Å²) in [6, 6.07) is 0. The molecular weight excluding hydrogens is 556 g/mol. The number of hydrogen-bond donors (Lipinski definition) is 5. The zero-order chi connectivity index (χ0) is 31.1. The molecule has 0 bridgehead atoms. The molecule has 4 aliphatic carbocycles. The number of aliphatic hydroxyl groups excluding tert-OH is 3. The lowest BCUT2D eigenvalue weighted by molar-refractivity contribution is -0.890. The van der Waals surface area contributed by atoms with Gasteiger partial charge in [-0.15, -0.1) is 0 Å². The maximum atomic E-state index is 12.7. The quantitative estimate of drug-likeness (QED) is 0.129. The highest BCUT2D eigenvalue weighted by atomic mass is 32.2. The molecule has 0 saturated heterocycles. The lowest BCUT2D eigenvalue weighted by Crippen LogP contribution is -2.62. The summed E-state index contributed by atoms with van der Waals surface area (Å²) in [5.74, 6) is 1.52. The van der Waals surface area contributed by atoms with Gasteiger partial charge >= 0.3 is 0 Å². The number of aliphatic hydroxyl groups is 3. The molecule has 0 spiro atoms. The van der Waals surface area contributed by atoms with E-state index < -0.39 is 16.2 Å². The van der Waals surface area contributed by atoms with Crippen LogP contribution in [0, 0.1) is 46.3 Å². The Balaban J connectivity index is 1.27. The number of hydrogen-bond acceptors (Lipinski definition) is 6. The van der Waals surface area contributed by atoms with Crippen molar-refractivity contribution in [3.05, 3.63) is 0 Å². The van der Waals surface area contributed by atoms with E-state index in [4.69, 9.17) is 4.55 Å². The molecule has 0 radical (unpaired) electrons. The van der Waals surface area contributed by atoms with Crippen LogP contribution < -0.4 is 5.32 Å². The van der Waals surface area contributed by atoms with E-state index >= 15 is 0 Å². The maximum Gasteiger partial charge on any atom is 0.265 e. The third-order valence-electron chi connectivity index (χ3n) is 12.8. The lowest BCUT2D eigenvalue weighted by atomic mass is 9.43. The Hall–Kier alpha value is -0.780. The van der Waals surface area contributed by atoms with E-state index in [2.05, 4.69) is 26.1 Å². The molecule has 5 N–H and O–H groups in total. The summed E-state index contributed by atoms with van der Waals surface area (Å²) in [5.41, 5.74) is -0.185. The maximum absolute atomic E-state index is 12.7. The molecule has 244 valence electrons. The van der Waals surface area contributed by atoms with Gasteiger partial charge in [0.2, 0.25) is 5.91 Å². The third-order valence-corrected chi connectivity index (χ3v) is 13.6. The summed E-state index contributed by atoms with van der Waals surface area (Å²) in [6.07, 6.45) is 7.47. The van der Waals surface area contributed by atoms with Gasteiger partial charge in [-0.3, -0.25) is 9.35 Å². The predicted molar refractivity (Wildman–Crippen MR) is 163 cm³/mol. The molecule has 4 fully saturated rings. The standard InChI is InChI=1S/C32H58N2O7S/c1-21(8-11-29(38)33-14-6-15-34(4,5)16-7-17-42(39,40)41)24-9-10-25-30-26(20-28(37)32(24,25)3)31(2)13-12-23(35)18-22(31)19-27(30)36/h21-28,30,35-37H,6-20H2,1-5H3,(H-,33,38,39,40,41)/p+1/t21-,22?,23-,24?,25+,26-,27-,28+,30-,31+,32+/m1/s1. The van der Waals surface area contributed by atoms with E-state index in [1.165, 1.54) is 0 Å². The summed E-state index contributed by atoms with van der Waals surface area (Å²) >= 11 is 0. The zero-order valence-corrected chi connectivity index (χ0v) is 27.5. The van der Waals surface area contributed by atoms with Crippen molar-refractivity contribution in [2.45, 2.75) is 110 Å². The number of nitrogens with zero attached hydrogens (tertiary/aromatic N) is 1. The molecule has 11 atom stereocenters. The van der Waals surface area contributed by atoms with Gasteiger partial charge in [0.05, 0.1) is 51.2 Å². The predicted octanol–water partition coefficient (Wildman–Crippen LogP) is 3.22. The topological polar surface area (TPSA) is 144 Å². The summed E-state index contributed by atoms with van der Waals surface area (Å²) in [7, 11) is 0.114. The Labute approximate surface area is 254 Å². The Kier molecular flexibility index (Phi) is 10.5. The SMILES string of the molecule is C[C@H](CCC(=O)NCCC[N+](C)(C)CCCS(=O)(=O)O)C1CC[C@H]2[C@H]3[C@H](O)CC4C[C@H](O)CC[C@]4(C)[C@@H]3C[C@H](O)[C@@]12C. The van der Waals surface area contributed by atoms with Crippen LogP contribution in [-0.2, 0) is 14.9 Å². The Morgan fingerprint density at radius 1 is 1.00 bits per heavy atom. The second-order valence-corrected chi connectivity index (χ2v) is 17.3. The number of quaternary nitrogens is 1. The van der Waals surface area contributed by atoms with Crippen molar-refractivity contribution in [3.63, 3.8) is 0 Å². The molecule has 2 unspecified atom stereocenters. The highest BCUT2D eigenvalue weighted by Gasteiger charge is 2.65. The fourth-order valence-electron chi connectivity index (χ4n) is 10.3. The fraction of sp³-hybridized carbons (Fsp3) is 0.969. The molecule has 1 amide bonds. The van der Waals surface area contributed by atoms with Gasteiger partial charge in [0.1, 0.15) is 0 Å². The molecule has 0 aromatic rings. The molecule has 4 aliphatic rings. The molecule has 0 aromatic carbocycles. The van der Waals surface area contributed by atoms with Crippen molar-refractivity contribution in [1.29, 1.82) is 0 Å². The van der Waals surface area contributed by atoms with E-state index in [0.29, 0.717) is 48.2 Å². The molecule has 0 heterocycles. The van der Waals surface area contributed by atoms with E-state index in [-0.39, 0.29) is 52.5 Å². The summed E-state index contributed by atoms with van der Waals surface area (Å²) in [4.78, 5) is 12.7. The second-order valence-electron chi connectivity index (χ2n) is 15.8. The van der Waals surface area contributed by atoms with Gasteiger partial charge in [-0.05, 0) is 97.7 Å². The van der Waals surface area contributed by atoms with Crippen LogP contribution in [0.4, 0.5) is 0 Å². The fourth-order valence-corrected chi connectivity index (χ4v) is 10.8. The van der Waals surface area contributed by atoms with E-state index in [9.17, 15) is 28.5 Å². The minimum Gasteiger partial charge on any atom is -0.393 e. The van der Waals surface area contributed by atoms with Crippen LogP contribution in [0.15, 0.2) is 0 Å². The number of amides is 1. The molecular formula is C32H59N2O7S+. The van der Waals surface area contributed by atoms with Crippen LogP contribution in [0.1, 0.15) is 91.4 Å². The van der Waals surface area contributed by atoms with Gasteiger partial charge in [-0.1, -0.05) is 20.8 Å². The first-order valence-electron chi connectivity index (χ1n) is 16.6. The van der Waals surface area contributed by atoms with Crippen LogP contribution in [0.3, 0.4) is 0 Å². The van der Waals surface area contributed by atoms with E-state index in [0.717, 1.165) is 64.3 Å². The first kappa shape index (κ1) is 34.1. The van der Waals surface area contributed by atoms with Gasteiger partial charge in [-0.25, -0.2) is 0 Å². The van der Waals surface area contributed by atoms with Gasteiger partial charge in [0.15, 0.2) is 0 Å². The monoisotopic (exact) mass is 615 g/mol. The van der Waals surface area contributed by atoms with Crippen LogP contribution in [0.25, 0.3) is 0 Å². The van der Waals surface area contributed by atoms with Crippen molar-refractivity contribution < 1.29 is 37.6 Å². The minimum absolute atomic E-state index is 0.0450.